The number of thiophene rings is 1. The van der Waals surface area contributed by atoms with E-state index in [2.05, 4.69) is 23.7 Å². The van der Waals surface area contributed by atoms with Crippen LogP contribution in [0.15, 0.2) is 16.8 Å². The third-order valence-electron chi connectivity index (χ3n) is 3.65. The Hall–Kier alpha value is -0.680. The summed E-state index contributed by atoms with van der Waals surface area (Å²) in [4.78, 5) is 14.0. The minimum absolute atomic E-state index is 0.0540. The Morgan fingerprint density at radius 1 is 1.58 bits per heavy atom. The lowest BCUT2D eigenvalue weighted by Gasteiger charge is -2.25. The molecule has 0 radical (unpaired) electrons. The van der Waals surface area contributed by atoms with Gasteiger partial charge in [-0.2, -0.15) is 23.1 Å². The largest absolute Gasteiger partial charge is 0.334 e. The van der Waals surface area contributed by atoms with Gasteiger partial charge in [0.05, 0.1) is 0 Å². The maximum Gasteiger partial charge on any atom is 0.317 e. The van der Waals surface area contributed by atoms with E-state index in [1.54, 1.807) is 11.3 Å². The van der Waals surface area contributed by atoms with Gasteiger partial charge in [0.15, 0.2) is 0 Å². The Labute approximate surface area is 123 Å². The first-order valence-corrected chi connectivity index (χ1v) is 8.83. The number of hydrogen-bond acceptors (Lipinski definition) is 3. The van der Waals surface area contributed by atoms with E-state index in [1.807, 2.05) is 29.1 Å². The second-order valence-electron chi connectivity index (χ2n) is 4.95. The van der Waals surface area contributed by atoms with Crippen LogP contribution < -0.4 is 5.32 Å². The minimum Gasteiger partial charge on any atom is -0.334 e. The second kappa shape index (κ2) is 7.20. The molecule has 1 aromatic rings. The molecule has 1 N–H and O–H groups in total. The van der Waals surface area contributed by atoms with E-state index in [1.165, 1.54) is 17.7 Å². The van der Waals surface area contributed by atoms with Crippen molar-refractivity contribution in [2.24, 2.45) is 0 Å². The van der Waals surface area contributed by atoms with Crippen LogP contribution in [0.25, 0.3) is 0 Å². The Morgan fingerprint density at radius 2 is 2.42 bits per heavy atom. The van der Waals surface area contributed by atoms with Gasteiger partial charge in [0, 0.05) is 24.9 Å². The summed E-state index contributed by atoms with van der Waals surface area (Å²) in [5, 5.41) is 7.84. The van der Waals surface area contributed by atoms with Crippen molar-refractivity contribution in [2.45, 2.75) is 44.0 Å². The molecule has 1 heterocycles. The lowest BCUT2D eigenvalue weighted by atomic mass is 10.2. The topological polar surface area (TPSA) is 32.3 Å². The summed E-state index contributed by atoms with van der Waals surface area (Å²) in [5.74, 6) is 1.17. The zero-order valence-electron chi connectivity index (χ0n) is 11.6. The van der Waals surface area contributed by atoms with Crippen LogP contribution >= 0.6 is 23.1 Å². The molecule has 106 valence electrons. The Morgan fingerprint density at radius 3 is 3.11 bits per heavy atom. The van der Waals surface area contributed by atoms with E-state index in [0.29, 0.717) is 12.6 Å². The quantitative estimate of drug-likeness (QED) is 0.901. The van der Waals surface area contributed by atoms with E-state index in [9.17, 15) is 4.79 Å². The predicted octanol–water partition coefficient (Wildman–Crippen LogP) is 3.56. The zero-order valence-corrected chi connectivity index (χ0v) is 13.2. The molecular formula is C14H22N2OS2. The molecule has 2 atom stereocenters. The molecule has 1 aliphatic carbocycles. The summed E-state index contributed by atoms with van der Waals surface area (Å²) >= 11 is 3.69. The first-order valence-electron chi connectivity index (χ1n) is 6.84. The summed E-state index contributed by atoms with van der Waals surface area (Å²) in [6.45, 7) is 2.84. The zero-order chi connectivity index (χ0) is 13.7. The predicted molar refractivity (Wildman–Crippen MR) is 83.9 cm³/mol. The SMILES string of the molecule is CCSC1CCC(N(C)C(=O)NCc2ccsc2)C1. The molecule has 1 aliphatic rings. The van der Waals surface area contributed by atoms with Crippen molar-refractivity contribution in [3.05, 3.63) is 22.4 Å². The maximum absolute atomic E-state index is 12.1. The first kappa shape index (κ1) is 14.7. The molecule has 0 saturated heterocycles. The fraction of sp³-hybridized carbons (Fsp3) is 0.643. The molecule has 1 aromatic heterocycles. The molecule has 1 saturated carbocycles. The highest BCUT2D eigenvalue weighted by Gasteiger charge is 2.29. The van der Waals surface area contributed by atoms with Crippen molar-refractivity contribution in [1.29, 1.82) is 0 Å². The lowest BCUT2D eigenvalue weighted by molar-refractivity contribution is 0.190. The molecule has 0 spiro atoms. The molecular weight excluding hydrogens is 276 g/mol. The fourth-order valence-corrected chi connectivity index (χ4v) is 4.32. The summed E-state index contributed by atoms with van der Waals surface area (Å²) < 4.78 is 0. The Bertz CT molecular complexity index is 394. The van der Waals surface area contributed by atoms with Crippen molar-refractivity contribution in [3.63, 3.8) is 0 Å². The molecule has 2 unspecified atom stereocenters. The van der Waals surface area contributed by atoms with Crippen molar-refractivity contribution < 1.29 is 4.79 Å². The van der Waals surface area contributed by atoms with Gasteiger partial charge in [-0.25, -0.2) is 4.79 Å². The molecule has 1 fully saturated rings. The van der Waals surface area contributed by atoms with Crippen LogP contribution in [0.1, 0.15) is 31.7 Å². The second-order valence-corrected chi connectivity index (χ2v) is 7.30. The molecule has 0 bridgehead atoms. The van der Waals surface area contributed by atoms with Gasteiger partial charge >= 0.3 is 6.03 Å². The van der Waals surface area contributed by atoms with Gasteiger partial charge in [-0.15, -0.1) is 0 Å². The Balaban J connectivity index is 1.76. The molecule has 5 heteroatoms. The van der Waals surface area contributed by atoms with E-state index in [-0.39, 0.29) is 6.03 Å². The van der Waals surface area contributed by atoms with Crippen molar-refractivity contribution in [3.8, 4) is 0 Å². The summed E-state index contributed by atoms with van der Waals surface area (Å²) in [6, 6.07) is 2.51. The number of rotatable bonds is 5. The summed E-state index contributed by atoms with van der Waals surface area (Å²) in [5.41, 5.74) is 1.18. The van der Waals surface area contributed by atoms with Gasteiger partial charge in [-0.1, -0.05) is 6.92 Å². The first-order chi connectivity index (χ1) is 9.20. The monoisotopic (exact) mass is 298 g/mol. The fourth-order valence-electron chi connectivity index (χ4n) is 2.52. The van der Waals surface area contributed by atoms with Gasteiger partial charge in [-0.05, 0) is 47.4 Å². The maximum atomic E-state index is 12.1. The van der Waals surface area contributed by atoms with Crippen molar-refractivity contribution >= 4 is 29.1 Å². The van der Waals surface area contributed by atoms with Gasteiger partial charge < -0.3 is 10.2 Å². The number of thioether (sulfide) groups is 1. The standard InChI is InChI=1S/C14H22N2OS2/c1-3-19-13-5-4-12(8-13)16(2)14(17)15-9-11-6-7-18-10-11/h6-7,10,12-13H,3-5,8-9H2,1-2H3,(H,15,17). The van der Waals surface area contributed by atoms with Gasteiger partial charge in [0.1, 0.15) is 0 Å². The summed E-state index contributed by atoms with van der Waals surface area (Å²) in [7, 11) is 1.92. The highest BCUT2D eigenvalue weighted by Crippen LogP contribution is 2.32. The van der Waals surface area contributed by atoms with E-state index in [0.717, 1.165) is 18.1 Å². The van der Waals surface area contributed by atoms with Crippen molar-refractivity contribution in [2.75, 3.05) is 12.8 Å². The van der Waals surface area contributed by atoms with Gasteiger partial charge in [-0.3, -0.25) is 0 Å². The third-order valence-corrected chi connectivity index (χ3v) is 5.62. The third kappa shape index (κ3) is 4.14. The number of nitrogens with zero attached hydrogens (tertiary/aromatic N) is 1. The molecule has 2 rings (SSSR count). The molecule has 19 heavy (non-hydrogen) atoms. The molecule has 2 amide bonds. The minimum atomic E-state index is 0.0540. The highest BCUT2D eigenvalue weighted by molar-refractivity contribution is 7.99. The average Bonchev–Trinajstić information content (AvgIpc) is 3.06. The number of carbonyl (C=O) groups excluding carboxylic acids is 1. The van der Waals surface area contributed by atoms with E-state index >= 15 is 0 Å². The van der Waals surface area contributed by atoms with Crippen LogP contribution in [0, 0.1) is 0 Å². The number of hydrogen-bond donors (Lipinski definition) is 1. The highest BCUT2D eigenvalue weighted by atomic mass is 32.2. The van der Waals surface area contributed by atoms with E-state index in [4.69, 9.17) is 0 Å². The number of urea groups is 1. The molecule has 0 aromatic carbocycles. The molecule has 0 aliphatic heterocycles. The molecule has 3 nitrogen and oxygen atoms in total. The number of carbonyl (C=O) groups is 1. The number of amides is 2. The summed E-state index contributed by atoms with van der Waals surface area (Å²) in [6.07, 6.45) is 3.52. The van der Waals surface area contributed by atoms with Crippen LogP contribution in [-0.2, 0) is 6.54 Å². The van der Waals surface area contributed by atoms with Gasteiger partial charge in [0.25, 0.3) is 0 Å². The van der Waals surface area contributed by atoms with Crippen LogP contribution in [0.5, 0.6) is 0 Å². The normalized spacial score (nSPS) is 22.4. The van der Waals surface area contributed by atoms with Crippen molar-refractivity contribution in [1.82, 2.24) is 10.2 Å². The lowest BCUT2D eigenvalue weighted by Crippen LogP contribution is -2.42. The smallest absolute Gasteiger partial charge is 0.317 e. The van der Waals surface area contributed by atoms with E-state index < -0.39 is 0 Å². The van der Waals surface area contributed by atoms with Crippen LogP contribution in [-0.4, -0.2) is 35.0 Å². The van der Waals surface area contributed by atoms with Crippen LogP contribution in [0.2, 0.25) is 0 Å². The van der Waals surface area contributed by atoms with Crippen LogP contribution in [0.4, 0.5) is 4.79 Å². The van der Waals surface area contributed by atoms with Crippen LogP contribution in [0.3, 0.4) is 0 Å². The Kier molecular flexibility index (Phi) is 5.58. The number of nitrogens with one attached hydrogen (secondary N) is 1. The van der Waals surface area contributed by atoms with Gasteiger partial charge in [0.2, 0.25) is 0 Å². The average molecular weight is 298 g/mol.